The number of sulfonamides is 1. The van der Waals surface area contributed by atoms with Crippen LogP contribution in [0.2, 0.25) is 0 Å². The lowest BCUT2D eigenvalue weighted by atomic mass is 9.92. The molecule has 0 amide bonds. The second-order valence-corrected chi connectivity index (χ2v) is 8.78. The van der Waals surface area contributed by atoms with E-state index in [1.54, 1.807) is 6.92 Å². The molecule has 0 saturated carbocycles. The molecule has 1 unspecified atom stereocenters. The number of fused-ring (bicyclic) bond motifs is 3. The molecule has 4 rings (SSSR count). The number of aryl methyl sites for hydroxylation is 3. The van der Waals surface area contributed by atoms with E-state index in [4.69, 9.17) is 0 Å². The molecule has 0 spiro atoms. The van der Waals surface area contributed by atoms with E-state index < -0.39 is 15.8 Å². The Labute approximate surface area is 152 Å². The van der Waals surface area contributed by atoms with Crippen molar-refractivity contribution < 1.29 is 12.8 Å². The Balaban J connectivity index is 1.63. The van der Waals surface area contributed by atoms with Gasteiger partial charge < -0.3 is 4.98 Å². The summed E-state index contributed by atoms with van der Waals surface area (Å²) < 4.78 is 41.6. The third-order valence-corrected chi connectivity index (χ3v) is 6.77. The molecule has 3 aromatic rings. The quantitative estimate of drug-likeness (QED) is 0.735. The zero-order valence-electron chi connectivity index (χ0n) is 14.8. The highest BCUT2D eigenvalue weighted by Gasteiger charge is 2.27. The van der Waals surface area contributed by atoms with Crippen LogP contribution in [0.4, 0.5) is 4.39 Å². The number of aromatic nitrogens is 1. The first-order valence-electron chi connectivity index (χ1n) is 8.72. The Morgan fingerprint density at radius 2 is 1.96 bits per heavy atom. The van der Waals surface area contributed by atoms with Crippen LogP contribution in [-0.2, 0) is 22.9 Å². The molecular formula is C20H21FN2O2S. The maximum atomic E-state index is 13.3. The minimum Gasteiger partial charge on any atom is -0.358 e. The van der Waals surface area contributed by atoms with E-state index >= 15 is 0 Å². The van der Waals surface area contributed by atoms with Gasteiger partial charge in [0.1, 0.15) is 5.82 Å². The summed E-state index contributed by atoms with van der Waals surface area (Å²) >= 11 is 0. The molecule has 1 atom stereocenters. The second kappa shape index (κ2) is 6.21. The molecule has 1 aliphatic rings. The lowest BCUT2D eigenvalue weighted by molar-refractivity contribution is 0.506. The molecule has 1 aliphatic carbocycles. The predicted octanol–water partition coefficient (Wildman–Crippen LogP) is 3.76. The van der Waals surface area contributed by atoms with Crippen molar-refractivity contribution in [2.45, 2.75) is 44.0 Å². The maximum Gasteiger partial charge on any atom is 0.241 e. The van der Waals surface area contributed by atoms with Gasteiger partial charge in [-0.15, -0.1) is 0 Å². The van der Waals surface area contributed by atoms with E-state index in [1.807, 2.05) is 0 Å². The average molecular weight is 372 g/mol. The van der Waals surface area contributed by atoms with Crippen LogP contribution in [0.25, 0.3) is 10.9 Å². The number of rotatable bonds is 3. The monoisotopic (exact) mass is 372 g/mol. The Bertz CT molecular complexity index is 1100. The first-order valence-corrected chi connectivity index (χ1v) is 10.2. The number of benzene rings is 2. The first kappa shape index (κ1) is 17.2. The third-order valence-electron chi connectivity index (χ3n) is 5.09. The molecular weight excluding hydrogens is 351 g/mol. The Hall–Kier alpha value is -2.18. The number of nitrogens with one attached hydrogen (secondary N) is 2. The molecule has 0 fully saturated rings. The van der Waals surface area contributed by atoms with Crippen LogP contribution in [0.5, 0.6) is 0 Å². The summed E-state index contributed by atoms with van der Waals surface area (Å²) in [5.74, 6) is -0.432. The Morgan fingerprint density at radius 1 is 1.15 bits per heavy atom. The van der Waals surface area contributed by atoms with Crippen molar-refractivity contribution in [2.24, 2.45) is 0 Å². The zero-order valence-corrected chi connectivity index (χ0v) is 15.6. The van der Waals surface area contributed by atoms with Gasteiger partial charge in [0.05, 0.1) is 4.90 Å². The van der Waals surface area contributed by atoms with E-state index in [-0.39, 0.29) is 10.9 Å². The van der Waals surface area contributed by atoms with Crippen LogP contribution in [0.1, 0.15) is 28.8 Å². The van der Waals surface area contributed by atoms with Crippen LogP contribution >= 0.6 is 0 Å². The molecule has 0 saturated heterocycles. The van der Waals surface area contributed by atoms with Crippen LogP contribution in [0, 0.1) is 19.7 Å². The molecule has 6 heteroatoms. The minimum absolute atomic E-state index is 0.138. The summed E-state index contributed by atoms with van der Waals surface area (Å²) in [6.07, 6.45) is 2.19. The lowest BCUT2D eigenvalue weighted by Gasteiger charge is -2.24. The van der Waals surface area contributed by atoms with Gasteiger partial charge in [0.15, 0.2) is 0 Å². The highest BCUT2D eigenvalue weighted by atomic mass is 32.2. The number of aromatic amines is 1. The van der Waals surface area contributed by atoms with Crippen molar-refractivity contribution in [2.75, 3.05) is 0 Å². The summed E-state index contributed by atoms with van der Waals surface area (Å²) in [7, 11) is -3.68. The number of hydrogen-bond donors (Lipinski definition) is 2. The van der Waals surface area contributed by atoms with Crippen molar-refractivity contribution in [3.8, 4) is 0 Å². The highest BCUT2D eigenvalue weighted by molar-refractivity contribution is 7.89. The van der Waals surface area contributed by atoms with Gasteiger partial charge in [-0.3, -0.25) is 0 Å². The fourth-order valence-electron chi connectivity index (χ4n) is 3.83. The number of hydrogen-bond acceptors (Lipinski definition) is 2. The van der Waals surface area contributed by atoms with Gasteiger partial charge in [-0.05, 0) is 74.6 Å². The molecule has 1 aromatic heterocycles. The van der Waals surface area contributed by atoms with Crippen LogP contribution < -0.4 is 4.72 Å². The molecule has 4 nitrogen and oxygen atoms in total. The first-order chi connectivity index (χ1) is 12.3. The highest BCUT2D eigenvalue weighted by Crippen LogP contribution is 2.30. The fraction of sp³-hybridized carbons (Fsp3) is 0.300. The standard InChI is InChI=1S/C20H21FN2O2S/c1-12-3-6-18-16(9-12)17-11-15(5-7-19(17)22-18)23-26(24,25)20-8-4-14(21)10-13(20)2/h3-4,6,8-10,15,22-23H,5,7,11H2,1-2H3. The van der Waals surface area contributed by atoms with Gasteiger partial charge in [0.25, 0.3) is 0 Å². The van der Waals surface area contributed by atoms with Gasteiger partial charge in [0, 0.05) is 22.6 Å². The topological polar surface area (TPSA) is 62.0 Å². The molecule has 26 heavy (non-hydrogen) atoms. The van der Waals surface area contributed by atoms with E-state index in [0.29, 0.717) is 12.0 Å². The molecule has 0 radical (unpaired) electrons. The van der Waals surface area contributed by atoms with Crippen molar-refractivity contribution in [3.05, 3.63) is 64.6 Å². The van der Waals surface area contributed by atoms with Gasteiger partial charge >= 0.3 is 0 Å². The average Bonchev–Trinajstić information content (AvgIpc) is 2.91. The number of halogens is 1. The summed E-state index contributed by atoms with van der Waals surface area (Å²) in [5.41, 5.74) is 5.08. The van der Waals surface area contributed by atoms with Crippen molar-refractivity contribution in [3.63, 3.8) is 0 Å². The van der Waals surface area contributed by atoms with E-state index in [9.17, 15) is 12.8 Å². The summed E-state index contributed by atoms with van der Waals surface area (Å²) in [5, 5.41) is 1.17. The van der Waals surface area contributed by atoms with E-state index in [2.05, 4.69) is 34.8 Å². The summed E-state index contributed by atoms with van der Waals surface area (Å²) in [4.78, 5) is 3.59. The zero-order chi connectivity index (χ0) is 18.5. The largest absolute Gasteiger partial charge is 0.358 e. The smallest absolute Gasteiger partial charge is 0.241 e. The fourth-order valence-corrected chi connectivity index (χ4v) is 5.33. The van der Waals surface area contributed by atoms with Gasteiger partial charge in [-0.1, -0.05) is 11.6 Å². The minimum atomic E-state index is -3.68. The molecule has 1 heterocycles. The summed E-state index contributed by atoms with van der Waals surface area (Å²) in [6.45, 7) is 3.66. The Morgan fingerprint density at radius 3 is 2.73 bits per heavy atom. The predicted molar refractivity (Wildman–Crippen MR) is 100 cm³/mol. The maximum absolute atomic E-state index is 13.3. The molecule has 0 aliphatic heterocycles. The third kappa shape index (κ3) is 3.04. The van der Waals surface area contributed by atoms with Gasteiger partial charge in [0.2, 0.25) is 10.0 Å². The molecule has 0 bridgehead atoms. The van der Waals surface area contributed by atoms with E-state index in [0.717, 1.165) is 18.4 Å². The van der Waals surface area contributed by atoms with Crippen LogP contribution in [0.3, 0.4) is 0 Å². The summed E-state index contributed by atoms with van der Waals surface area (Å²) in [6, 6.07) is 9.88. The van der Waals surface area contributed by atoms with Crippen molar-refractivity contribution in [1.29, 1.82) is 0 Å². The van der Waals surface area contributed by atoms with Crippen molar-refractivity contribution in [1.82, 2.24) is 9.71 Å². The normalized spacial score (nSPS) is 17.4. The SMILES string of the molecule is Cc1ccc2[nH]c3c(c2c1)CC(NS(=O)(=O)c1ccc(F)cc1C)CC3. The van der Waals surface area contributed by atoms with Crippen LogP contribution in [0.15, 0.2) is 41.3 Å². The van der Waals surface area contributed by atoms with Gasteiger partial charge in [-0.25, -0.2) is 17.5 Å². The van der Waals surface area contributed by atoms with Gasteiger partial charge in [-0.2, -0.15) is 0 Å². The lowest BCUT2D eigenvalue weighted by Crippen LogP contribution is -2.39. The van der Waals surface area contributed by atoms with Crippen LogP contribution in [-0.4, -0.2) is 19.4 Å². The second-order valence-electron chi connectivity index (χ2n) is 7.10. The Kier molecular flexibility index (Phi) is 4.12. The molecule has 2 aromatic carbocycles. The van der Waals surface area contributed by atoms with Crippen molar-refractivity contribution >= 4 is 20.9 Å². The molecule has 136 valence electrons. The molecule has 2 N–H and O–H groups in total. The number of H-pyrrole nitrogens is 1. The van der Waals surface area contributed by atoms with E-state index in [1.165, 1.54) is 40.4 Å².